The van der Waals surface area contributed by atoms with Crippen molar-refractivity contribution in [3.63, 3.8) is 0 Å². The molecule has 4 aromatic rings. The fourth-order valence-electron chi connectivity index (χ4n) is 3.85. The quantitative estimate of drug-likeness (QED) is 0.150. The molecule has 1 N–H and O–H groups in total. The predicted octanol–water partition coefficient (Wildman–Crippen LogP) is 7.14. The summed E-state index contributed by atoms with van der Waals surface area (Å²) in [4.78, 5) is 20.4. The number of nitrogens with zero attached hydrogens (tertiary/aromatic N) is 3. The van der Waals surface area contributed by atoms with Gasteiger partial charge in [0.2, 0.25) is 0 Å². The Balaban J connectivity index is 1.43. The number of halogens is 1. The van der Waals surface area contributed by atoms with Crippen molar-refractivity contribution in [2.75, 3.05) is 4.90 Å². The number of nitro groups is 1. The molecule has 1 aliphatic heterocycles. The van der Waals surface area contributed by atoms with E-state index >= 15 is 0 Å². The summed E-state index contributed by atoms with van der Waals surface area (Å²) >= 11 is 12.6. The Morgan fingerprint density at radius 2 is 1.79 bits per heavy atom. The molecule has 10 heteroatoms. The van der Waals surface area contributed by atoms with Crippen LogP contribution in [0.25, 0.3) is 0 Å². The number of aromatic nitrogens is 1. The standard InChI is InChI=1S/C24H17BrN4O2S3/c25-15-13-21(33-14-15)23-22(20-3-1-2-12-26-20)27-24(32)28(23)16-4-8-18(9-5-16)34-19-10-6-17(7-11-19)29(30)31/h1-14,22-23H,(H,27,32)/t22-,23+/m0/s1. The van der Waals surface area contributed by atoms with Gasteiger partial charge in [-0.25, -0.2) is 0 Å². The molecule has 1 fully saturated rings. The number of nitro benzene ring substituents is 1. The van der Waals surface area contributed by atoms with Crippen molar-refractivity contribution in [3.05, 3.63) is 110 Å². The first-order valence-electron chi connectivity index (χ1n) is 10.3. The van der Waals surface area contributed by atoms with Crippen LogP contribution in [0.1, 0.15) is 22.7 Å². The van der Waals surface area contributed by atoms with Gasteiger partial charge in [-0.3, -0.25) is 15.1 Å². The van der Waals surface area contributed by atoms with Gasteiger partial charge in [-0.05, 0) is 82.7 Å². The maximum atomic E-state index is 10.9. The Labute approximate surface area is 218 Å². The first-order valence-corrected chi connectivity index (χ1v) is 13.2. The summed E-state index contributed by atoms with van der Waals surface area (Å²) in [5.41, 5.74) is 2.01. The molecule has 2 atom stereocenters. The average Bonchev–Trinajstić information content (AvgIpc) is 3.43. The molecular formula is C24H17BrN4O2S3. The Bertz CT molecular complexity index is 1330. The molecule has 2 aromatic heterocycles. The third kappa shape index (κ3) is 4.72. The molecule has 34 heavy (non-hydrogen) atoms. The summed E-state index contributed by atoms with van der Waals surface area (Å²) in [5.74, 6) is 0. The van der Waals surface area contributed by atoms with Crippen LogP contribution in [0.5, 0.6) is 0 Å². The molecule has 0 aliphatic carbocycles. The molecule has 6 nitrogen and oxygen atoms in total. The van der Waals surface area contributed by atoms with Crippen LogP contribution in [0.2, 0.25) is 0 Å². The number of thiocarbonyl (C=S) groups is 1. The topological polar surface area (TPSA) is 71.3 Å². The van der Waals surface area contributed by atoms with Crippen molar-refractivity contribution in [2.24, 2.45) is 0 Å². The van der Waals surface area contributed by atoms with Crippen molar-refractivity contribution >= 4 is 67.7 Å². The minimum absolute atomic E-state index is 0.0353. The molecule has 170 valence electrons. The smallest absolute Gasteiger partial charge is 0.269 e. The van der Waals surface area contributed by atoms with E-state index in [-0.39, 0.29) is 17.8 Å². The molecule has 0 saturated carbocycles. The maximum Gasteiger partial charge on any atom is 0.269 e. The van der Waals surface area contributed by atoms with Crippen LogP contribution < -0.4 is 10.2 Å². The molecule has 2 aromatic carbocycles. The number of anilines is 1. The number of hydrogen-bond donors (Lipinski definition) is 1. The summed E-state index contributed by atoms with van der Waals surface area (Å²) in [6.07, 6.45) is 1.80. The monoisotopic (exact) mass is 568 g/mol. The lowest BCUT2D eigenvalue weighted by Gasteiger charge is -2.27. The number of nitrogens with one attached hydrogen (secondary N) is 1. The molecule has 0 amide bonds. The molecule has 0 unspecified atom stereocenters. The Morgan fingerprint density at radius 1 is 1.09 bits per heavy atom. The van der Waals surface area contributed by atoms with Gasteiger partial charge in [0.15, 0.2) is 5.11 Å². The first kappa shape index (κ1) is 23.0. The number of thiophene rings is 1. The minimum Gasteiger partial charge on any atom is -0.351 e. The number of rotatable bonds is 6. The summed E-state index contributed by atoms with van der Waals surface area (Å²) < 4.78 is 1.04. The number of non-ortho nitro benzene ring substituents is 1. The number of hydrogen-bond acceptors (Lipinski definition) is 6. The van der Waals surface area contributed by atoms with Gasteiger partial charge in [-0.1, -0.05) is 17.8 Å². The molecule has 0 bridgehead atoms. The van der Waals surface area contributed by atoms with Gasteiger partial charge in [-0.15, -0.1) is 11.3 Å². The number of pyridine rings is 1. The van der Waals surface area contributed by atoms with Crippen molar-refractivity contribution in [1.29, 1.82) is 0 Å². The van der Waals surface area contributed by atoms with E-state index in [1.54, 1.807) is 41.4 Å². The van der Waals surface area contributed by atoms with Gasteiger partial charge in [0.05, 0.1) is 22.7 Å². The largest absolute Gasteiger partial charge is 0.351 e. The van der Waals surface area contributed by atoms with Crippen LogP contribution in [-0.2, 0) is 0 Å². The van der Waals surface area contributed by atoms with Gasteiger partial charge in [0, 0.05) is 48.5 Å². The molecule has 5 rings (SSSR count). The SMILES string of the molecule is O=[N+]([O-])c1ccc(Sc2ccc(N3C(=S)N[C@@H](c4ccccn4)[C@H]3c3cc(Br)cs3)cc2)cc1. The molecule has 3 heterocycles. The Hall–Kier alpha value is -2.79. The van der Waals surface area contributed by atoms with E-state index in [2.05, 4.69) is 54.7 Å². The fraction of sp³-hybridized carbons (Fsp3) is 0.0833. The fourth-order valence-corrected chi connectivity index (χ4v) is 6.59. The highest BCUT2D eigenvalue weighted by atomic mass is 79.9. The van der Waals surface area contributed by atoms with Crippen molar-refractivity contribution in [2.45, 2.75) is 21.9 Å². The van der Waals surface area contributed by atoms with Crippen LogP contribution in [0.15, 0.2) is 98.6 Å². The molecule has 0 spiro atoms. The summed E-state index contributed by atoms with van der Waals surface area (Å²) in [7, 11) is 0. The van der Waals surface area contributed by atoms with E-state index in [0.29, 0.717) is 5.11 Å². The van der Waals surface area contributed by atoms with Gasteiger partial charge >= 0.3 is 0 Å². The minimum atomic E-state index is -0.392. The van der Waals surface area contributed by atoms with Gasteiger partial charge < -0.3 is 10.2 Å². The van der Waals surface area contributed by atoms with E-state index in [1.807, 2.05) is 30.3 Å². The summed E-state index contributed by atoms with van der Waals surface area (Å²) in [6, 6.07) is 22.7. The summed E-state index contributed by atoms with van der Waals surface area (Å²) in [5, 5.41) is 17.1. The van der Waals surface area contributed by atoms with Crippen LogP contribution in [-0.4, -0.2) is 15.0 Å². The van der Waals surface area contributed by atoms with Crippen LogP contribution in [0.4, 0.5) is 11.4 Å². The zero-order valence-corrected chi connectivity index (χ0v) is 21.5. The van der Waals surface area contributed by atoms with E-state index in [1.165, 1.54) is 17.0 Å². The average molecular weight is 570 g/mol. The number of benzene rings is 2. The zero-order valence-electron chi connectivity index (χ0n) is 17.5. The van der Waals surface area contributed by atoms with Crippen molar-refractivity contribution < 1.29 is 4.92 Å². The Kier molecular flexibility index (Phi) is 6.64. The van der Waals surface area contributed by atoms with Crippen molar-refractivity contribution in [1.82, 2.24) is 10.3 Å². The third-order valence-electron chi connectivity index (χ3n) is 5.38. The highest BCUT2D eigenvalue weighted by molar-refractivity contribution is 9.10. The van der Waals surface area contributed by atoms with Gasteiger partial charge in [0.1, 0.15) is 0 Å². The second-order valence-corrected chi connectivity index (χ2v) is 10.9. The van der Waals surface area contributed by atoms with E-state index in [9.17, 15) is 10.1 Å². The predicted molar refractivity (Wildman–Crippen MR) is 144 cm³/mol. The highest BCUT2D eigenvalue weighted by Gasteiger charge is 2.41. The van der Waals surface area contributed by atoms with Gasteiger partial charge in [0.25, 0.3) is 5.69 Å². The zero-order chi connectivity index (χ0) is 23.7. The Morgan fingerprint density at radius 3 is 2.38 bits per heavy atom. The maximum absolute atomic E-state index is 10.9. The first-order chi connectivity index (χ1) is 16.5. The molecule has 1 saturated heterocycles. The lowest BCUT2D eigenvalue weighted by Crippen LogP contribution is -2.29. The van der Waals surface area contributed by atoms with E-state index in [4.69, 9.17) is 12.2 Å². The molecule has 0 radical (unpaired) electrons. The van der Waals surface area contributed by atoms with Crippen LogP contribution >= 0.6 is 51.2 Å². The second-order valence-electron chi connectivity index (χ2n) is 7.51. The highest BCUT2D eigenvalue weighted by Crippen LogP contribution is 2.44. The van der Waals surface area contributed by atoms with Crippen LogP contribution in [0.3, 0.4) is 0 Å². The molecular weight excluding hydrogens is 552 g/mol. The van der Waals surface area contributed by atoms with E-state index in [0.717, 1.165) is 25.6 Å². The normalized spacial score (nSPS) is 17.6. The van der Waals surface area contributed by atoms with E-state index < -0.39 is 4.92 Å². The summed E-state index contributed by atoms with van der Waals surface area (Å²) in [6.45, 7) is 0. The lowest BCUT2D eigenvalue weighted by atomic mass is 10.0. The van der Waals surface area contributed by atoms with Crippen molar-refractivity contribution in [3.8, 4) is 0 Å². The van der Waals surface area contributed by atoms with Gasteiger partial charge in [-0.2, -0.15) is 0 Å². The second kappa shape index (κ2) is 9.83. The lowest BCUT2D eigenvalue weighted by molar-refractivity contribution is -0.384. The van der Waals surface area contributed by atoms with Crippen LogP contribution in [0, 0.1) is 10.1 Å². The third-order valence-corrected chi connectivity index (χ3v) is 8.47. The molecule has 1 aliphatic rings.